The standard InChI is InChI=1S/C19H20ClNO2/c1-2-13-23-18-10-5-15(6-11-18)7-12-19(22)21-14-16-3-8-17(20)9-4-16/h3-12H,2,13-14H2,1H3,(H,21,22)/b12-7+. The highest BCUT2D eigenvalue weighted by Crippen LogP contribution is 2.13. The lowest BCUT2D eigenvalue weighted by Gasteiger charge is -2.04. The third-order valence-corrected chi connectivity index (χ3v) is 3.41. The van der Waals surface area contributed by atoms with Gasteiger partial charge in [-0.05, 0) is 47.9 Å². The van der Waals surface area contributed by atoms with Gasteiger partial charge in [-0.1, -0.05) is 42.8 Å². The van der Waals surface area contributed by atoms with Crippen molar-refractivity contribution in [3.63, 3.8) is 0 Å². The molecule has 0 aliphatic rings. The van der Waals surface area contributed by atoms with Crippen molar-refractivity contribution in [3.05, 3.63) is 70.8 Å². The molecule has 3 nitrogen and oxygen atoms in total. The normalized spacial score (nSPS) is 10.7. The van der Waals surface area contributed by atoms with Gasteiger partial charge in [-0.3, -0.25) is 4.79 Å². The molecule has 120 valence electrons. The maximum Gasteiger partial charge on any atom is 0.244 e. The van der Waals surface area contributed by atoms with E-state index in [4.69, 9.17) is 16.3 Å². The molecule has 4 heteroatoms. The first-order valence-corrected chi connectivity index (χ1v) is 7.98. The van der Waals surface area contributed by atoms with Crippen molar-refractivity contribution >= 4 is 23.6 Å². The Labute approximate surface area is 141 Å². The molecule has 23 heavy (non-hydrogen) atoms. The van der Waals surface area contributed by atoms with Crippen LogP contribution in [0.5, 0.6) is 5.75 Å². The lowest BCUT2D eigenvalue weighted by atomic mass is 10.2. The smallest absolute Gasteiger partial charge is 0.244 e. The van der Waals surface area contributed by atoms with Gasteiger partial charge >= 0.3 is 0 Å². The van der Waals surface area contributed by atoms with Crippen molar-refractivity contribution in [2.24, 2.45) is 0 Å². The molecule has 0 saturated carbocycles. The van der Waals surface area contributed by atoms with Gasteiger partial charge in [0, 0.05) is 17.6 Å². The number of carbonyl (C=O) groups is 1. The van der Waals surface area contributed by atoms with Crippen LogP contribution >= 0.6 is 11.6 Å². The monoisotopic (exact) mass is 329 g/mol. The summed E-state index contributed by atoms with van der Waals surface area (Å²) >= 11 is 5.82. The van der Waals surface area contributed by atoms with Crippen LogP contribution in [0.15, 0.2) is 54.6 Å². The van der Waals surface area contributed by atoms with Crippen LogP contribution in [0.4, 0.5) is 0 Å². The molecule has 2 rings (SSSR count). The van der Waals surface area contributed by atoms with Crippen LogP contribution in [-0.2, 0) is 11.3 Å². The average molecular weight is 330 g/mol. The fourth-order valence-corrected chi connectivity index (χ4v) is 2.04. The summed E-state index contributed by atoms with van der Waals surface area (Å²) in [4.78, 5) is 11.8. The second-order valence-corrected chi connectivity index (χ2v) is 5.53. The van der Waals surface area contributed by atoms with E-state index in [2.05, 4.69) is 12.2 Å². The Kier molecular flexibility index (Phi) is 6.70. The van der Waals surface area contributed by atoms with Gasteiger partial charge in [0.2, 0.25) is 5.91 Å². The summed E-state index contributed by atoms with van der Waals surface area (Å²) in [5.41, 5.74) is 1.96. The molecule has 1 amide bonds. The van der Waals surface area contributed by atoms with E-state index in [-0.39, 0.29) is 5.91 Å². The molecule has 0 aromatic heterocycles. The van der Waals surface area contributed by atoms with Crippen molar-refractivity contribution in [2.75, 3.05) is 6.61 Å². The number of benzene rings is 2. The molecule has 2 aromatic rings. The van der Waals surface area contributed by atoms with Crippen molar-refractivity contribution in [1.29, 1.82) is 0 Å². The van der Waals surface area contributed by atoms with E-state index in [0.29, 0.717) is 18.2 Å². The maximum atomic E-state index is 11.8. The number of carbonyl (C=O) groups excluding carboxylic acids is 1. The van der Waals surface area contributed by atoms with E-state index in [1.807, 2.05) is 36.4 Å². The van der Waals surface area contributed by atoms with Crippen LogP contribution < -0.4 is 10.1 Å². The van der Waals surface area contributed by atoms with E-state index in [9.17, 15) is 4.79 Å². The minimum absolute atomic E-state index is 0.133. The first-order chi connectivity index (χ1) is 11.2. The molecule has 0 saturated heterocycles. The van der Waals surface area contributed by atoms with Crippen LogP contribution in [0.2, 0.25) is 5.02 Å². The fourth-order valence-electron chi connectivity index (χ4n) is 1.92. The van der Waals surface area contributed by atoms with Crippen molar-refractivity contribution in [2.45, 2.75) is 19.9 Å². The molecule has 0 fully saturated rings. The zero-order valence-electron chi connectivity index (χ0n) is 13.1. The van der Waals surface area contributed by atoms with Gasteiger partial charge in [0.1, 0.15) is 5.75 Å². The van der Waals surface area contributed by atoms with E-state index in [1.54, 1.807) is 18.2 Å². The quantitative estimate of drug-likeness (QED) is 0.762. The fraction of sp³-hybridized carbons (Fsp3) is 0.211. The lowest BCUT2D eigenvalue weighted by molar-refractivity contribution is -0.116. The van der Waals surface area contributed by atoms with Crippen LogP contribution in [-0.4, -0.2) is 12.5 Å². The minimum atomic E-state index is -0.133. The van der Waals surface area contributed by atoms with Crippen LogP contribution in [0.3, 0.4) is 0 Å². The Balaban J connectivity index is 1.82. The highest BCUT2D eigenvalue weighted by Gasteiger charge is 1.98. The van der Waals surface area contributed by atoms with Gasteiger partial charge in [-0.25, -0.2) is 0 Å². The molecule has 0 spiro atoms. The van der Waals surface area contributed by atoms with E-state index < -0.39 is 0 Å². The average Bonchev–Trinajstić information content (AvgIpc) is 2.58. The zero-order chi connectivity index (χ0) is 16.5. The van der Waals surface area contributed by atoms with Crippen molar-refractivity contribution in [3.8, 4) is 5.75 Å². The molecule has 0 bridgehead atoms. The number of rotatable bonds is 7. The number of halogens is 1. The van der Waals surface area contributed by atoms with Crippen molar-refractivity contribution in [1.82, 2.24) is 5.32 Å². The lowest BCUT2D eigenvalue weighted by Crippen LogP contribution is -2.20. The van der Waals surface area contributed by atoms with Crippen LogP contribution in [0.1, 0.15) is 24.5 Å². The maximum absolute atomic E-state index is 11.8. The molecular weight excluding hydrogens is 310 g/mol. The summed E-state index contributed by atoms with van der Waals surface area (Å²) in [5, 5.41) is 3.52. The molecular formula is C19H20ClNO2. The SMILES string of the molecule is CCCOc1ccc(/C=C/C(=O)NCc2ccc(Cl)cc2)cc1. The van der Waals surface area contributed by atoms with Crippen LogP contribution in [0.25, 0.3) is 6.08 Å². The summed E-state index contributed by atoms with van der Waals surface area (Å²) in [6, 6.07) is 15.1. The molecule has 0 aliphatic carbocycles. The topological polar surface area (TPSA) is 38.3 Å². The first-order valence-electron chi connectivity index (χ1n) is 7.60. The highest BCUT2D eigenvalue weighted by molar-refractivity contribution is 6.30. The van der Waals surface area contributed by atoms with Gasteiger partial charge in [0.05, 0.1) is 6.61 Å². The summed E-state index contributed by atoms with van der Waals surface area (Å²) in [7, 11) is 0. The second-order valence-electron chi connectivity index (χ2n) is 5.10. The van der Waals surface area contributed by atoms with Gasteiger partial charge in [-0.15, -0.1) is 0 Å². The van der Waals surface area contributed by atoms with Gasteiger partial charge in [0.25, 0.3) is 0 Å². The van der Waals surface area contributed by atoms with E-state index in [1.165, 1.54) is 6.08 Å². The Morgan fingerprint density at radius 3 is 2.48 bits per heavy atom. The van der Waals surface area contributed by atoms with Gasteiger partial charge in [-0.2, -0.15) is 0 Å². The third kappa shape index (κ3) is 6.17. The highest BCUT2D eigenvalue weighted by atomic mass is 35.5. The van der Waals surface area contributed by atoms with Gasteiger partial charge < -0.3 is 10.1 Å². The number of amides is 1. The zero-order valence-corrected chi connectivity index (χ0v) is 13.8. The molecule has 2 aromatic carbocycles. The molecule has 1 N–H and O–H groups in total. The number of ether oxygens (including phenoxy) is 1. The van der Waals surface area contributed by atoms with Crippen LogP contribution in [0, 0.1) is 0 Å². The summed E-state index contributed by atoms with van der Waals surface area (Å²) in [5.74, 6) is 0.711. The largest absolute Gasteiger partial charge is 0.494 e. The summed E-state index contributed by atoms with van der Waals surface area (Å²) in [6.07, 6.45) is 4.29. The molecule has 0 atom stereocenters. The molecule has 0 heterocycles. The number of hydrogen-bond donors (Lipinski definition) is 1. The van der Waals surface area contributed by atoms with Crippen molar-refractivity contribution < 1.29 is 9.53 Å². The Morgan fingerprint density at radius 1 is 1.13 bits per heavy atom. The molecule has 0 radical (unpaired) electrons. The Hall–Kier alpha value is -2.26. The Bertz CT molecular complexity index is 648. The summed E-state index contributed by atoms with van der Waals surface area (Å²) < 4.78 is 5.52. The van der Waals surface area contributed by atoms with E-state index in [0.717, 1.165) is 23.3 Å². The number of hydrogen-bond acceptors (Lipinski definition) is 2. The predicted octanol–water partition coefficient (Wildman–Crippen LogP) is 4.46. The second kappa shape index (κ2) is 9.01. The Morgan fingerprint density at radius 2 is 1.83 bits per heavy atom. The van der Waals surface area contributed by atoms with Gasteiger partial charge in [0.15, 0.2) is 0 Å². The number of nitrogens with one attached hydrogen (secondary N) is 1. The van der Waals surface area contributed by atoms with E-state index >= 15 is 0 Å². The molecule has 0 aliphatic heterocycles. The molecule has 0 unspecified atom stereocenters. The summed E-state index contributed by atoms with van der Waals surface area (Å²) in [6.45, 7) is 3.26. The first kappa shape index (κ1) is 17.1. The predicted molar refractivity (Wildman–Crippen MR) is 94.6 cm³/mol. The minimum Gasteiger partial charge on any atom is -0.494 e. The third-order valence-electron chi connectivity index (χ3n) is 3.16.